The van der Waals surface area contributed by atoms with Gasteiger partial charge in [0, 0.05) is 11.2 Å². The molecule has 0 saturated heterocycles. The molecule has 2 unspecified atom stereocenters. The van der Waals surface area contributed by atoms with Crippen LogP contribution in [0.5, 0.6) is 0 Å². The Balaban J connectivity index is 1.70. The fourth-order valence-corrected chi connectivity index (χ4v) is 4.46. The van der Waals surface area contributed by atoms with E-state index in [1.54, 1.807) is 18.3 Å². The van der Waals surface area contributed by atoms with Crippen LogP contribution in [0.3, 0.4) is 0 Å². The average Bonchev–Trinajstić information content (AvgIpc) is 3.18. The largest absolute Gasteiger partial charge is 0.421 e. The summed E-state index contributed by atoms with van der Waals surface area (Å²) in [6, 6.07) is 11.8. The van der Waals surface area contributed by atoms with Crippen LogP contribution >= 0.6 is 19.1 Å². The van der Waals surface area contributed by atoms with Crippen molar-refractivity contribution in [1.82, 2.24) is 20.0 Å². The number of fused-ring (bicyclic) bond motifs is 1. The standard InChI is InChI=1S/C20H16ClF3N5O3P/c1-19(30,20(22,23)24)12-4-7-14(8-5-12)33(31,32)27-15-9-6-13(21)11-17(15)29-16-3-2-10-25-18(16)26-28-29/h2-11,30H,1H3,(H2,27,31,32). The quantitative estimate of drug-likeness (QED) is 0.355. The molecule has 2 heterocycles. The number of anilines is 1. The fourth-order valence-electron chi connectivity index (χ4n) is 3.10. The van der Waals surface area contributed by atoms with Crippen molar-refractivity contribution in [3.63, 3.8) is 0 Å². The molecule has 0 amide bonds. The van der Waals surface area contributed by atoms with Crippen LogP contribution in [0.2, 0.25) is 5.02 Å². The molecule has 2 aromatic carbocycles. The first-order valence-corrected chi connectivity index (χ1v) is 11.4. The van der Waals surface area contributed by atoms with Gasteiger partial charge in [-0.1, -0.05) is 28.9 Å². The number of pyridine rings is 1. The highest BCUT2D eigenvalue weighted by Crippen LogP contribution is 2.43. The van der Waals surface area contributed by atoms with Gasteiger partial charge in [0.05, 0.1) is 16.7 Å². The molecule has 13 heteroatoms. The Morgan fingerprint density at radius 2 is 1.82 bits per heavy atom. The van der Waals surface area contributed by atoms with Crippen LogP contribution in [-0.4, -0.2) is 36.2 Å². The highest BCUT2D eigenvalue weighted by atomic mass is 35.5. The topological polar surface area (TPSA) is 113 Å². The lowest BCUT2D eigenvalue weighted by Crippen LogP contribution is -2.39. The van der Waals surface area contributed by atoms with Crippen molar-refractivity contribution in [2.24, 2.45) is 0 Å². The molecule has 0 aliphatic rings. The van der Waals surface area contributed by atoms with Crippen molar-refractivity contribution in [1.29, 1.82) is 0 Å². The predicted octanol–water partition coefficient (Wildman–Crippen LogP) is 4.16. The van der Waals surface area contributed by atoms with Crippen molar-refractivity contribution in [2.75, 3.05) is 5.09 Å². The normalized spacial score (nSPS) is 15.7. The van der Waals surface area contributed by atoms with Gasteiger partial charge in [-0.05, 0) is 55.0 Å². The first kappa shape index (κ1) is 23.2. The van der Waals surface area contributed by atoms with Crippen molar-refractivity contribution >= 4 is 41.3 Å². The number of nitrogens with one attached hydrogen (secondary N) is 1. The highest BCUT2D eigenvalue weighted by Gasteiger charge is 2.51. The molecule has 0 fully saturated rings. The molecule has 0 aliphatic carbocycles. The zero-order chi connectivity index (χ0) is 24.0. The molecule has 0 aliphatic heterocycles. The van der Waals surface area contributed by atoms with Gasteiger partial charge in [0.15, 0.2) is 5.60 Å². The molecule has 0 saturated carbocycles. The number of hydrogen-bond acceptors (Lipinski definition) is 5. The van der Waals surface area contributed by atoms with E-state index in [1.807, 2.05) is 0 Å². The summed E-state index contributed by atoms with van der Waals surface area (Å²) in [5.74, 6) is 0. The van der Waals surface area contributed by atoms with E-state index in [2.05, 4.69) is 20.4 Å². The van der Waals surface area contributed by atoms with E-state index in [-0.39, 0.29) is 11.0 Å². The summed E-state index contributed by atoms with van der Waals surface area (Å²) in [5, 5.41) is 20.5. The third kappa shape index (κ3) is 4.32. The zero-order valence-corrected chi connectivity index (χ0v) is 18.5. The third-order valence-corrected chi connectivity index (χ3v) is 6.79. The number of aromatic nitrogens is 4. The van der Waals surface area contributed by atoms with Crippen LogP contribution in [0.25, 0.3) is 16.9 Å². The highest BCUT2D eigenvalue weighted by molar-refractivity contribution is 7.67. The minimum Gasteiger partial charge on any atom is -0.376 e. The van der Waals surface area contributed by atoms with Crippen molar-refractivity contribution in [2.45, 2.75) is 18.7 Å². The summed E-state index contributed by atoms with van der Waals surface area (Å²) in [5.41, 5.74) is -2.22. The Morgan fingerprint density at radius 3 is 2.48 bits per heavy atom. The van der Waals surface area contributed by atoms with Gasteiger partial charge in [0.1, 0.15) is 5.52 Å². The summed E-state index contributed by atoms with van der Waals surface area (Å²) in [7, 11) is -4.32. The second kappa shape index (κ2) is 8.11. The molecule has 2 aromatic heterocycles. The Morgan fingerprint density at radius 1 is 1.12 bits per heavy atom. The van der Waals surface area contributed by atoms with E-state index < -0.39 is 24.9 Å². The summed E-state index contributed by atoms with van der Waals surface area (Å²) >= 11 is 6.12. The Labute approximate surface area is 190 Å². The molecule has 172 valence electrons. The van der Waals surface area contributed by atoms with Crippen LogP contribution in [0.15, 0.2) is 60.8 Å². The minimum absolute atomic E-state index is 0.171. The molecular formula is C20H16ClF3N5O3P. The van der Waals surface area contributed by atoms with E-state index in [9.17, 15) is 27.7 Å². The van der Waals surface area contributed by atoms with Crippen LogP contribution < -0.4 is 10.4 Å². The van der Waals surface area contributed by atoms with Crippen LogP contribution in [0.1, 0.15) is 12.5 Å². The van der Waals surface area contributed by atoms with Gasteiger partial charge in [-0.25, -0.2) is 9.67 Å². The molecule has 0 spiro atoms. The van der Waals surface area contributed by atoms with E-state index in [0.29, 0.717) is 28.8 Å². The first-order chi connectivity index (χ1) is 15.4. The van der Waals surface area contributed by atoms with Gasteiger partial charge < -0.3 is 15.1 Å². The number of nitrogens with zero attached hydrogens (tertiary/aromatic N) is 4. The number of hydrogen-bond donors (Lipinski definition) is 3. The van der Waals surface area contributed by atoms with Gasteiger partial charge in [-0.3, -0.25) is 4.57 Å². The molecule has 33 heavy (non-hydrogen) atoms. The van der Waals surface area contributed by atoms with Crippen LogP contribution in [0, 0.1) is 0 Å². The maximum Gasteiger partial charge on any atom is 0.421 e. The molecule has 4 rings (SSSR count). The van der Waals surface area contributed by atoms with Gasteiger partial charge in [0.25, 0.3) is 0 Å². The van der Waals surface area contributed by atoms with E-state index in [0.717, 1.165) is 24.3 Å². The molecule has 2 atom stereocenters. The lowest BCUT2D eigenvalue weighted by atomic mass is 9.96. The minimum atomic E-state index is -4.91. The van der Waals surface area contributed by atoms with Crippen molar-refractivity contribution < 1.29 is 27.7 Å². The van der Waals surface area contributed by atoms with E-state index >= 15 is 0 Å². The fraction of sp³-hybridized carbons (Fsp3) is 0.150. The molecule has 0 radical (unpaired) electrons. The Bertz CT molecular complexity index is 1380. The molecule has 0 bridgehead atoms. The number of alkyl halides is 3. The summed E-state index contributed by atoms with van der Waals surface area (Å²) in [6.07, 6.45) is -3.37. The van der Waals surface area contributed by atoms with E-state index in [1.165, 1.54) is 22.9 Å². The lowest BCUT2D eigenvalue weighted by molar-refractivity contribution is -0.258. The average molecular weight is 498 g/mol. The predicted molar refractivity (Wildman–Crippen MR) is 117 cm³/mol. The number of rotatable bonds is 5. The molecule has 4 aromatic rings. The zero-order valence-electron chi connectivity index (χ0n) is 16.8. The van der Waals surface area contributed by atoms with Crippen LogP contribution in [0.4, 0.5) is 18.9 Å². The van der Waals surface area contributed by atoms with Gasteiger partial charge >= 0.3 is 13.7 Å². The van der Waals surface area contributed by atoms with Crippen molar-refractivity contribution in [3.05, 3.63) is 71.4 Å². The third-order valence-electron chi connectivity index (χ3n) is 5.01. The maximum atomic E-state index is 13.1. The number of benzene rings is 2. The number of halogens is 4. The first-order valence-electron chi connectivity index (χ1n) is 9.38. The lowest BCUT2D eigenvalue weighted by Gasteiger charge is -2.27. The second-order valence-corrected chi connectivity index (χ2v) is 9.64. The second-order valence-electron chi connectivity index (χ2n) is 7.31. The van der Waals surface area contributed by atoms with Gasteiger partial charge in [-0.2, -0.15) is 13.2 Å². The summed E-state index contributed by atoms with van der Waals surface area (Å²) in [4.78, 5) is 14.8. The summed E-state index contributed by atoms with van der Waals surface area (Å²) < 4.78 is 53.7. The van der Waals surface area contributed by atoms with Gasteiger partial charge in [-0.15, -0.1) is 5.10 Å². The van der Waals surface area contributed by atoms with Crippen LogP contribution in [-0.2, 0) is 10.2 Å². The SMILES string of the molecule is CC(O)(c1ccc(P(=O)(O)Nc2ccc(Cl)cc2-n2nnc3ncccc32)cc1)C(F)(F)F. The van der Waals surface area contributed by atoms with Gasteiger partial charge in [0.2, 0.25) is 5.65 Å². The Hall–Kier alpha value is -2.98. The van der Waals surface area contributed by atoms with E-state index in [4.69, 9.17) is 11.6 Å². The number of aliphatic hydroxyl groups is 1. The Kier molecular flexibility index (Phi) is 5.69. The molecular weight excluding hydrogens is 482 g/mol. The molecule has 8 nitrogen and oxygen atoms in total. The molecule has 3 N–H and O–H groups in total. The smallest absolute Gasteiger partial charge is 0.376 e. The maximum absolute atomic E-state index is 13.1. The summed E-state index contributed by atoms with van der Waals surface area (Å²) in [6.45, 7) is 0.607. The monoisotopic (exact) mass is 497 g/mol. The van der Waals surface area contributed by atoms with Crippen molar-refractivity contribution in [3.8, 4) is 5.69 Å².